The lowest BCUT2D eigenvalue weighted by Crippen LogP contribution is -2.53. The molecular weight excluding hydrogens is 318 g/mol. The van der Waals surface area contributed by atoms with Crippen LogP contribution in [0.4, 0.5) is 9.59 Å². The van der Waals surface area contributed by atoms with Crippen molar-refractivity contribution in [2.75, 3.05) is 32.7 Å². The topological polar surface area (TPSA) is 61.9 Å². The monoisotopic (exact) mass is 343 g/mol. The lowest BCUT2D eigenvalue weighted by molar-refractivity contribution is 0.0170. The maximum atomic E-state index is 12.1. The summed E-state index contributed by atoms with van der Waals surface area (Å²) in [6.07, 6.45) is -0.332. The number of hydrogen-bond acceptors (Lipinski definition) is 3. The van der Waals surface area contributed by atoms with Crippen molar-refractivity contribution in [3.63, 3.8) is 0 Å². The number of urea groups is 1. The number of piperazine rings is 1. The summed E-state index contributed by atoms with van der Waals surface area (Å²) < 4.78 is 5.34. The molecular formula is C19H25N3O3. The van der Waals surface area contributed by atoms with Gasteiger partial charge in [0.25, 0.3) is 0 Å². The van der Waals surface area contributed by atoms with Crippen molar-refractivity contribution in [3.8, 4) is 11.8 Å². The quantitative estimate of drug-likeness (QED) is 0.796. The van der Waals surface area contributed by atoms with E-state index < -0.39 is 5.60 Å². The van der Waals surface area contributed by atoms with E-state index in [1.807, 2.05) is 51.1 Å². The molecule has 6 heteroatoms. The predicted octanol–water partition coefficient (Wildman–Crippen LogP) is 2.30. The number of hydrogen-bond donors (Lipinski definition) is 1. The van der Waals surface area contributed by atoms with Gasteiger partial charge in [0, 0.05) is 31.7 Å². The SMILES string of the molecule is CC(C)(C)OC(=O)N1CCN(C(=O)NCC#Cc2ccccc2)CC1. The third kappa shape index (κ3) is 6.38. The van der Waals surface area contributed by atoms with Gasteiger partial charge < -0.3 is 19.9 Å². The van der Waals surface area contributed by atoms with E-state index in [2.05, 4.69) is 17.2 Å². The average Bonchev–Trinajstić information content (AvgIpc) is 2.58. The molecule has 0 unspecified atom stereocenters. The zero-order chi connectivity index (χ0) is 18.3. The molecule has 1 aliphatic heterocycles. The first-order valence-corrected chi connectivity index (χ1v) is 8.40. The van der Waals surface area contributed by atoms with Gasteiger partial charge in [-0.3, -0.25) is 0 Å². The summed E-state index contributed by atoms with van der Waals surface area (Å²) in [6.45, 7) is 7.71. The highest BCUT2D eigenvalue weighted by Gasteiger charge is 2.27. The fraction of sp³-hybridized carbons (Fsp3) is 0.474. The number of amides is 3. The molecule has 1 aromatic rings. The Kier molecular flexibility index (Phi) is 6.29. The summed E-state index contributed by atoms with van der Waals surface area (Å²) in [7, 11) is 0. The molecule has 0 saturated carbocycles. The van der Waals surface area contributed by atoms with Gasteiger partial charge in [0.15, 0.2) is 0 Å². The molecule has 0 aliphatic carbocycles. The highest BCUT2D eigenvalue weighted by molar-refractivity contribution is 5.75. The fourth-order valence-electron chi connectivity index (χ4n) is 2.32. The van der Waals surface area contributed by atoms with Crippen LogP contribution in [0.15, 0.2) is 30.3 Å². The molecule has 1 heterocycles. The Bertz CT molecular complexity index is 648. The molecule has 1 N–H and O–H groups in total. The second kappa shape index (κ2) is 8.43. The molecule has 0 bridgehead atoms. The molecule has 1 aliphatic rings. The zero-order valence-corrected chi connectivity index (χ0v) is 15.0. The van der Waals surface area contributed by atoms with Crippen molar-refractivity contribution in [3.05, 3.63) is 35.9 Å². The third-order valence-electron chi connectivity index (χ3n) is 3.55. The van der Waals surface area contributed by atoms with E-state index in [0.29, 0.717) is 32.7 Å². The molecule has 134 valence electrons. The molecule has 25 heavy (non-hydrogen) atoms. The minimum Gasteiger partial charge on any atom is -0.444 e. The van der Waals surface area contributed by atoms with E-state index in [-0.39, 0.29) is 12.1 Å². The van der Waals surface area contributed by atoms with Crippen LogP contribution in [0, 0.1) is 11.8 Å². The molecule has 2 rings (SSSR count). The number of carbonyl (C=O) groups is 2. The van der Waals surface area contributed by atoms with Gasteiger partial charge in [0.2, 0.25) is 0 Å². The van der Waals surface area contributed by atoms with E-state index in [4.69, 9.17) is 4.74 Å². The van der Waals surface area contributed by atoms with Crippen LogP contribution < -0.4 is 5.32 Å². The summed E-state index contributed by atoms with van der Waals surface area (Å²) in [6, 6.07) is 9.46. The highest BCUT2D eigenvalue weighted by atomic mass is 16.6. The lowest BCUT2D eigenvalue weighted by atomic mass is 10.2. The first-order chi connectivity index (χ1) is 11.8. The minimum absolute atomic E-state index is 0.161. The van der Waals surface area contributed by atoms with Gasteiger partial charge in [0.1, 0.15) is 5.60 Å². The highest BCUT2D eigenvalue weighted by Crippen LogP contribution is 2.11. The molecule has 0 atom stereocenters. The van der Waals surface area contributed by atoms with Crippen LogP contribution in [0.5, 0.6) is 0 Å². The molecule has 0 radical (unpaired) electrons. The Morgan fingerprint density at radius 2 is 1.68 bits per heavy atom. The Morgan fingerprint density at radius 1 is 1.08 bits per heavy atom. The molecule has 0 spiro atoms. The van der Waals surface area contributed by atoms with Crippen LogP contribution in [-0.2, 0) is 4.74 Å². The van der Waals surface area contributed by atoms with E-state index >= 15 is 0 Å². The van der Waals surface area contributed by atoms with E-state index in [9.17, 15) is 9.59 Å². The minimum atomic E-state index is -0.511. The number of rotatable bonds is 1. The van der Waals surface area contributed by atoms with Crippen LogP contribution >= 0.6 is 0 Å². The largest absolute Gasteiger partial charge is 0.444 e. The van der Waals surface area contributed by atoms with Crippen molar-refractivity contribution in [1.82, 2.24) is 15.1 Å². The average molecular weight is 343 g/mol. The molecule has 3 amide bonds. The molecule has 6 nitrogen and oxygen atoms in total. The van der Waals surface area contributed by atoms with E-state index in [1.54, 1.807) is 9.80 Å². The second-order valence-corrected chi connectivity index (χ2v) is 6.78. The summed E-state index contributed by atoms with van der Waals surface area (Å²) in [4.78, 5) is 27.4. The summed E-state index contributed by atoms with van der Waals surface area (Å²) >= 11 is 0. The summed E-state index contributed by atoms with van der Waals surface area (Å²) in [5, 5.41) is 2.78. The first-order valence-electron chi connectivity index (χ1n) is 8.40. The van der Waals surface area contributed by atoms with Crippen LogP contribution in [0.25, 0.3) is 0 Å². The number of benzene rings is 1. The predicted molar refractivity (Wildman–Crippen MR) is 96.1 cm³/mol. The second-order valence-electron chi connectivity index (χ2n) is 6.78. The first kappa shape index (κ1) is 18.7. The Morgan fingerprint density at radius 3 is 2.28 bits per heavy atom. The maximum absolute atomic E-state index is 12.1. The van der Waals surface area contributed by atoms with Crippen molar-refractivity contribution >= 4 is 12.1 Å². The number of nitrogens with zero attached hydrogens (tertiary/aromatic N) is 2. The summed E-state index contributed by atoms with van der Waals surface area (Å²) in [5.41, 5.74) is 0.408. The lowest BCUT2D eigenvalue weighted by Gasteiger charge is -2.35. The molecule has 1 aromatic carbocycles. The Balaban J connectivity index is 1.72. The fourth-order valence-corrected chi connectivity index (χ4v) is 2.32. The summed E-state index contributed by atoms with van der Waals surface area (Å²) in [5.74, 6) is 5.93. The van der Waals surface area contributed by atoms with Gasteiger partial charge in [-0.25, -0.2) is 9.59 Å². The Labute approximate surface area is 149 Å². The molecule has 0 aromatic heterocycles. The molecule has 1 fully saturated rings. The Hall–Kier alpha value is -2.68. The standard InChI is InChI=1S/C19H25N3O3/c1-19(2,3)25-18(24)22-14-12-21(13-15-22)17(23)20-11-7-10-16-8-5-4-6-9-16/h4-6,8-9H,11-15H2,1-3H3,(H,20,23). The van der Waals surface area contributed by atoms with Gasteiger partial charge in [-0.2, -0.15) is 0 Å². The van der Waals surface area contributed by atoms with Gasteiger partial charge in [-0.05, 0) is 32.9 Å². The smallest absolute Gasteiger partial charge is 0.410 e. The zero-order valence-electron chi connectivity index (χ0n) is 15.0. The number of carbonyl (C=O) groups excluding carboxylic acids is 2. The van der Waals surface area contributed by atoms with Crippen LogP contribution in [0.1, 0.15) is 26.3 Å². The maximum Gasteiger partial charge on any atom is 0.410 e. The van der Waals surface area contributed by atoms with Crippen LogP contribution in [0.3, 0.4) is 0 Å². The van der Waals surface area contributed by atoms with Crippen LogP contribution in [0.2, 0.25) is 0 Å². The van der Waals surface area contributed by atoms with Gasteiger partial charge in [-0.1, -0.05) is 30.0 Å². The van der Waals surface area contributed by atoms with E-state index in [0.717, 1.165) is 5.56 Å². The third-order valence-corrected chi connectivity index (χ3v) is 3.55. The van der Waals surface area contributed by atoms with Gasteiger partial charge in [-0.15, -0.1) is 0 Å². The van der Waals surface area contributed by atoms with Crippen molar-refractivity contribution < 1.29 is 14.3 Å². The van der Waals surface area contributed by atoms with Gasteiger partial charge in [0.05, 0.1) is 6.54 Å². The van der Waals surface area contributed by atoms with Crippen molar-refractivity contribution in [2.24, 2.45) is 0 Å². The molecule has 1 saturated heterocycles. The normalized spacial score (nSPS) is 14.4. The van der Waals surface area contributed by atoms with Crippen LogP contribution in [-0.4, -0.2) is 60.2 Å². The van der Waals surface area contributed by atoms with Crippen molar-refractivity contribution in [2.45, 2.75) is 26.4 Å². The van der Waals surface area contributed by atoms with Crippen molar-refractivity contribution in [1.29, 1.82) is 0 Å². The number of nitrogens with one attached hydrogen (secondary N) is 1. The van der Waals surface area contributed by atoms with E-state index in [1.165, 1.54) is 0 Å². The van der Waals surface area contributed by atoms with Gasteiger partial charge >= 0.3 is 12.1 Å². The number of ether oxygens (including phenoxy) is 1.